The molecule has 0 heterocycles. The molecule has 0 aromatic carbocycles. The Bertz CT molecular complexity index is 411. The Labute approximate surface area is 116 Å². The zero-order valence-corrected chi connectivity index (χ0v) is 12.9. The minimum Gasteiger partial charge on any atom is -0.386 e. The van der Waals surface area contributed by atoms with Crippen LogP contribution >= 0.6 is 0 Å². The Hall–Kier alpha value is -0.660. The first-order chi connectivity index (χ1) is 8.71. The lowest BCUT2D eigenvalue weighted by Crippen LogP contribution is -2.60. The van der Waals surface area contributed by atoms with Crippen LogP contribution in [0, 0.1) is 5.41 Å². The van der Waals surface area contributed by atoms with Crippen molar-refractivity contribution in [1.29, 1.82) is 5.41 Å². The third kappa shape index (κ3) is 3.90. The molecule has 1 rings (SSSR count). The van der Waals surface area contributed by atoms with Crippen LogP contribution in [0.2, 0.25) is 0 Å². The predicted octanol–water partition coefficient (Wildman–Crippen LogP) is 1.19. The van der Waals surface area contributed by atoms with Gasteiger partial charge in [-0.15, -0.1) is 0 Å². The summed E-state index contributed by atoms with van der Waals surface area (Å²) in [6, 6.07) is -0.132. The van der Waals surface area contributed by atoms with Gasteiger partial charge in [0.1, 0.15) is 5.84 Å². The summed E-state index contributed by atoms with van der Waals surface area (Å²) in [7, 11) is -2.08. The van der Waals surface area contributed by atoms with Gasteiger partial charge in [-0.1, -0.05) is 25.7 Å². The van der Waals surface area contributed by atoms with E-state index in [-0.39, 0.29) is 11.9 Å². The molecule has 1 aliphatic carbocycles. The van der Waals surface area contributed by atoms with Crippen molar-refractivity contribution >= 4 is 16.0 Å². The summed E-state index contributed by atoms with van der Waals surface area (Å²) < 4.78 is 28.6. The molecular weight excluding hydrogens is 264 g/mol. The number of hydrogen-bond donors (Lipinski definition) is 3. The second kappa shape index (κ2) is 6.19. The van der Waals surface area contributed by atoms with E-state index in [0.717, 1.165) is 25.7 Å². The summed E-state index contributed by atoms with van der Waals surface area (Å²) in [6.45, 7) is 3.62. The maximum atomic E-state index is 12.3. The Morgan fingerprint density at radius 2 is 1.74 bits per heavy atom. The molecule has 112 valence electrons. The van der Waals surface area contributed by atoms with Gasteiger partial charge in [-0.25, -0.2) is 0 Å². The highest BCUT2D eigenvalue weighted by Gasteiger charge is 2.39. The largest absolute Gasteiger partial charge is 0.386 e. The van der Waals surface area contributed by atoms with Gasteiger partial charge in [0, 0.05) is 13.1 Å². The minimum atomic E-state index is -3.62. The van der Waals surface area contributed by atoms with E-state index in [1.54, 1.807) is 0 Å². The standard InChI is InChI=1S/C12H26N4O2S/c1-10(2)16(3)19(17,18)15-12(11(13)14)8-6-4-5-7-9-12/h10,15H,4-9H2,1-3H3,(H3,13,14). The zero-order valence-electron chi connectivity index (χ0n) is 12.1. The highest BCUT2D eigenvalue weighted by Crippen LogP contribution is 2.28. The van der Waals surface area contributed by atoms with Crippen molar-refractivity contribution < 1.29 is 8.42 Å². The van der Waals surface area contributed by atoms with Gasteiger partial charge >= 0.3 is 0 Å². The first kappa shape index (κ1) is 16.4. The zero-order chi connectivity index (χ0) is 14.7. The molecule has 0 unspecified atom stereocenters. The first-order valence-corrected chi connectivity index (χ1v) is 8.27. The third-order valence-corrected chi connectivity index (χ3v) is 5.73. The Balaban J connectivity index is 2.98. The van der Waals surface area contributed by atoms with Crippen molar-refractivity contribution in [3.8, 4) is 0 Å². The fraction of sp³-hybridized carbons (Fsp3) is 0.917. The second-order valence-electron chi connectivity index (χ2n) is 5.63. The van der Waals surface area contributed by atoms with E-state index in [0.29, 0.717) is 12.8 Å². The highest BCUT2D eigenvalue weighted by molar-refractivity contribution is 7.87. The maximum Gasteiger partial charge on any atom is 0.280 e. The van der Waals surface area contributed by atoms with Gasteiger partial charge in [-0.3, -0.25) is 5.41 Å². The molecule has 0 aromatic heterocycles. The van der Waals surface area contributed by atoms with Gasteiger partial charge in [0.2, 0.25) is 0 Å². The van der Waals surface area contributed by atoms with E-state index in [2.05, 4.69) is 4.72 Å². The monoisotopic (exact) mass is 290 g/mol. The molecule has 1 fully saturated rings. The molecule has 0 aliphatic heterocycles. The van der Waals surface area contributed by atoms with Crippen molar-refractivity contribution in [1.82, 2.24) is 9.03 Å². The molecule has 1 aliphatic rings. The number of rotatable bonds is 5. The van der Waals surface area contributed by atoms with E-state index in [1.165, 1.54) is 11.4 Å². The van der Waals surface area contributed by atoms with E-state index in [4.69, 9.17) is 11.1 Å². The summed E-state index contributed by atoms with van der Waals surface area (Å²) in [5.74, 6) is -0.0740. The van der Waals surface area contributed by atoms with Gasteiger partial charge in [0.05, 0.1) is 5.54 Å². The molecule has 0 bridgehead atoms. The fourth-order valence-corrected chi connectivity index (χ4v) is 3.86. The van der Waals surface area contributed by atoms with Crippen molar-refractivity contribution in [2.45, 2.75) is 64.0 Å². The molecule has 4 N–H and O–H groups in total. The maximum absolute atomic E-state index is 12.3. The van der Waals surface area contributed by atoms with E-state index in [1.807, 2.05) is 13.8 Å². The Morgan fingerprint density at radius 1 is 1.26 bits per heavy atom. The van der Waals surface area contributed by atoms with E-state index >= 15 is 0 Å². The summed E-state index contributed by atoms with van der Waals surface area (Å²) in [6.07, 6.45) is 5.13. The molecule has 0 amide bonds. The van der Waals surface area contributed by atoms with Crippen molar-refractivity contribution in [2.24, 2.45) is 5.73 Å². The average molecular weight is 290 g/mol. The van der Waals surface area contributed by atoms with Crippen LogP contribution in [0.1, 0.15) is 52.4 Å². The molecule has 0 saturated heterocycles. The summed E-state index contributed by atoms with van der Waals surface area (Å²) >= 11 is 0. The molecule has 6 nitrogen and oxygen atoms in total. The van der Waals surface area contributed by atoms with E-state index in [9.17, 15) is 8.42 Å². The topological polar surface area (TPSA) is 99.3 Å². The predicted molar refractivity (Wildman–Crippen MR) is 77.3 cm³/mol. The highest BCUT2D eigenvalue weighted by atomic mass is 32.2. The normalized spacial score (nSPS) is 20.5. The summed E-state index contributed by atoms with van der Waals surface area (Å²) in [5.41, 5.74) is 4.79. The van der Waals surface area contributed by atoms with Crippen LogP contribution in [0.4, 0.5) is 0 Å². The van der Waals surface area contributed by atoms with E-state index < -0.39 is 15.7 Å². The minimum absolute atomic E-state index is 0.0740. The lowest BCUT2D eigenvalue weighted by Gasteiger charge is -2.34. The van der Waals surface area contributed by atoms with Gasteiger partial charge in [0.25, 0.3) is 10.2 Å². The van der Waals surface area contributed by atoms with Crippen molar-refractivity contribution in [2.75, 3.05) is 7.05 Å². The third-order valence-electron chi connectivity index (χ3n) is 3.90. The fourth-order valence-electron chi connectivity index (χ4n) is 2.35. The van der Waals surface area contributed by atoms with Crippen LogP contribution in [0.25, 0.3) is 0 Å². The Kier molecular flexibility index (Phi) is 5.34. The smallest absolute Gasteiger partial charge is 0.280 e. The van der Waals surface area contributed by atoms with Gasteiger partial charge < -0.3 is 5.73 Å². The van der Waals surface area contributed by atoms with Crippen molar-refractivity contribution in [3.63, 3.8) is 0 Å². The molecule has 0 radical (unpaired) electrons. The molecule has 0 aromatic rings. The van der Waals surface area contributed by atoms with Crippen LogP contribution in [-0.2, 0) is 10.2 Å². The van der Waals surface area contributed by atoms with Gasteiger partial charge in [0.15, 0.2) is 0 Å². The Morgan fingerprint density at radius 3 is 2.11 bits per heavy atom. The lowest BCUT2D eigenvalue weighted by atomic mass is 9.90. The number of nitrogens with zero attached hydrogens (tertiary/aromatic N) is 1. The quantitative estimate of drug-likeness (QED) is 0.403. The van der Waals surface area contributed by atoms with Gasteiger partial charge in [-0.2, -0.15) is 17.4 Å². The molecule has 0 spiro atoms. The second-order valence-corrected chi connectivity index (χ2v) is 7.36. The van der Waals surface area contributed by atoms with Gasteiger partial charge in [-0.05, 0) is 26.7 Å². The molecule has 1 saturated carbocycles. The van der Waals surface area contributed by atoms with Crippen molar-refractivity contribution in [3.05, 3.63) is 0 Å². The van der Waals surface area contributed by atoms with Crippen LogP contribution in [-0.4, -0.2) is 37.2 Å². The number of hydrogen-bond acceptors (Lipinski definition) is 3. The summed E-state index contributed by atoms with van der Waals surface area (Å²) in [4.78, 5) is 0. The lowest BCUT2D eigenvalue weighted by molar-refractivity contribution is 0.371. The number of nitrogens with two attached hydrogens (primary N) is 1. The van der Waals surface area contributed by atoms with Crippen LogP contribution in [0.3, 0.4) is 0 Å². The SMILES string of the molecule is CC(C)N(C)S(=O)(=O)NC1(C(=N)N)CCCCCC1. The molecular formula is C12H26N4O2S. The molecule has 19 heavy (non-hydrogen) atoms. The number of nitrogens with one attached hydrogen (secondary N) is 2. The first-order valence-electron chi connectivity index (χ1n) is 6.83. The molecule has 0 atom stereocenters. The summed E-state index contributed by atoms with van der Waals surface area (Å²) in [5, 5.41) is 7.79. The molecule has 7 heteroatoms. The van der Waals surface area contributed by atoms with Crippen LogP contribution < -0.4 is 10.5 Å². The van der Waals surface area contributed by atoms with Crippen LogP contribution in [0.15, 0.2) is 0 Å². The number of amidine groups is 1. The average Bonchev–Trinajstić information content (AvgIpc) is 2.53. The van der Waals surface area contributed by atoms with Crippen LogP contribution in [0.5, 0.6) is 0 Å².